The van der Waals surface area contributed by atoms with E-state index in [9.17, 15) is 8.42 Å². The monoisotopic (exact) mass is 260 g/mol. The molecule has 0 aromatic rings. The van der Waals surface area contributed by atoms with Gasteiger partial charge in [0, 0.05) is 6.04 Å². The normalized spacial score (nSPS) is 26.2. The van der Waals surface area contributed by atoms with Crippen molar-refractivity contribution in [1.82, 2.24) is 10.0 Å². The van der Waals surface area contributed by atoms with Crippen molar-refractivity contribution in [1.29, 1.82) is 0 Å². The molecule has 0 radical (unpaired) electrons. The molecule has 0 aromatic heterocycles. The van der Waals surface area contributed by atoms with E-state index in [0.29, 0.717) is 5.41 Å². The van der Waals surface area contributed by atoms with Crippen molar-refractivity contribution >= 4 is 10.0 Å². The molecular weight excluding hydrogens is 236 g/mol. The van der Waals surface area contributed by atoms with E-state index >= 15 is 0 Å². The second-order valence-electron chi connectivity index (χ2n) is 5.55. The summed E-state index contributed by atoms with van der Waals surface area (Å²) in [4.78, 5) is 0. The third-order valence-electron chi connectivity index (χ3n) is 4.44. The van der Waals surface area contributed by atoms with Crippen LogP contribution < -0.4 is 10.0 Å². The van der Waals surface area contributed by atoms with Crippen LogP contribution in [0.15, 0.2) is 0 Å². The molecule has 0 bridgehead atoms. The third kappa shape index (κ3) is 3.42. The summed E-state index contributed by atoms with van der Waals surface area (Å²) in [7, 11) is -3.02. The molecule has 1 heterocycles. The molecular formula is C12H24N2O2S. The van der Waals surface area contributed by atoms with Crippen LogP contribution in [0.3, 0.4) is 0 Å². The average molecular weight is 260 g/mol. The highest BCUT2D eigenvalue weighted by Crippen LogP contribution is 2.43. The molecule has 0 unspecified atom stereocenters. The standard InChI is InChI=1S/C12H24N2O2S/c1-2-17(15,16)14-11-3-5-12(6-4-11)7-9-13-10-8-12/h11,13-14H,2-10H2,1H3. The summed E-state index contributed by atoms with van der Waals surface area (Å²) in [5.41, 5.74) is 0.513. The Labute approximate surface area is 105 Å². The van der Waals surface area contributed by atoms with Gasteiger partial charge in [-0.25, -0.2) is 13.1 Å². The molecule has 0 atom stereocenters. The minimum atomic E-state index is -3.02. The summed E-state index contributed by atoms with van der Waals surface area (Å²) in [6, 6.07) is 0.181. The predicted molar refractivity (Wildman–Crippen MR) is 69.4 cm³/mol. The van der Waals surface area contributed by atoms with E-state index in [1.807, 2.05) is 0 Å². The van der Waals surface area contributed by atoms with Crippen molar-refractivity contribution in [2.24, 2.45) is 5.41 Å². The van der Waals surface area contributed by atoms with E-state index in [1.54, 1.807) is 6.92 Å². The Morgan fingerprint density at radius 3 is 2.29 bits per heavy atom. The zero-order valence-electron chi connectivity index (χ0n) is 10.7. The Bertz CT molecular complexity index is 338. The van der Waals surface area contributed by atoms with Gasteiger partial charge in [0.2, 0.25) is 10.0 Å². The van der Waals surface area contributed by atoms with E-state index in [0.717, 1.165) is 25.9 Å². The van der Waals surface area contributed by atoms with Crippen LogP contribution in [0.5, 0.6) is 0 Å². The Balaban J connectivity index is 1.85. The summed E-state index contributed by atoms with van der Waals surface area (Å²) >= 11 is 0. The zero-order chi connectivity index (χ0) is 12.4. The maximum absolute atomic E-state index is 11.5. The first-order valence-corrected chi connectivity index (χ1v) is 8.41. The van der Waals surface area contributed by atoms with Crippen LogP contribution in [0, 0.1) is 5.41 Å². The first-order chi connectivity index (χ1) is 8.05. The van der Waals surface area contributed by atoms with Crippen molar-refractivity contribution in [3.63, 3.8) is 0 Å². The molecule has 100 valence electrons. The van der Waals surface area contributed by atoms with Gasteiger partial charge in [0.15, 0.2) is 0 Å². The molecule has 1 saturated carbocycles. The van der Waals surface area contributed by atoms with Crippen molar-refractivity contribution in [2.75, 3.05) is 18.8 Å². The van der Waals surface area contributed by atoms with Crippen LogP contribution in [0.2, 0.25) is 0 Å². The van der Waals surface area contributed by atoms with E-state index in [2.05, 4.69) is 10.0 Å². The van der Waals surface area contributed by atoms with E-state index in [4.69, 9.17) is 0 Å². The molecule has 0 aromatic carbocycles. The first-order valence-electron chi connectivity index (χ1n) is 6.76. The smallest absolute Gasteiger partial charge is 0.211 e. The number of rotatable bonds is 3. The molecule has 5 heteroatoms. The van der Waals surface area contributed by atoms with Gasteiger partial charge in [0.25, 0.3) is 0 Å². The predicted octanol–water partition coefficient (Wildman–Crippen LogP) is 1.24. The van der Waals surface area contributed by atoms with Gasteiger partial charge in [-0.1, -0.05) is 0 Å². The summed E-state index contributed by atoms with van der Waals surface area (Å²) < 4.78 is 25.9. The Morgan fingerprint density at radius 1 is 1.18 bits per heavy atom. The van der Waals surface area contributed by atoms with Gasteiger partial charge < -0.3 is 5.32 Å². The Hall–Kier alpha value is -0.130. The highest BCUT2D eigenvalue weighted by molar-refractivity contribution is 7.89. The summed E-state index contributed by atoms with van der Waals surface area (Å²) in [5.74, 6) is 0.193. The highest BCUT2D eigenvalue weighted by Gasteiger charge is 2.36. The zero-order valence-corrected chi connectivity index (χ0v) is 11.5. The quantitative estimate of drug-likeness (QED) is 0.802. The molecule has 1 saturated heterocycles. The average Bonchev–Trinajstić information content (AvgIpc) is 2.34. The molecule has 0 amide bonds. The minimum absolute atomic E-state index is 0.181. The number of hydrogen-bond donors (Lipinski definition) is 2. The number of hydrogen-bond acceptors (Lipinski definition) is 3. The van der Waals surface area contributed by atoms with Crippen LogP contribution in [0.1, 0.15) is 45.4 Å². The van der Waals surface area contributed by atoms with E-state index in [1.165, 1.54) is 25.7 Å². The van der Waals surface area contributed by atoms with E-state index < -0.39 is 10.0 Å². The molecule has 1 aliphatic carbocycles. The second kappa shape index (κ2) is 5.24. The minimum Gasteiger partial charge on any atom is -0.317 e. The fourth-order valence-corrected chi connectivity index (χ4v) is 4.05. The van der Waals surface area contributed by atoms with Gasteiger partial charge in [0.1, 0.15) is 0 Å². The molecule has 4 nitrogen and oxygen atoms in total. The third-order valence-corrected chi connectivity index (χ3v) is 5.89. The van der Waals surface area contributed by atoms with Crippen LogP contribution in [-0.2, 0) is 10.0 Å². The highest BCUT2D eigenvalue weighted by atomic mass is 32.2. The van der Waals surface area contributed by atoms with Crippen molar-refractivity contribution in [3.05, 3.63) is 0 Å². The van der Waals surface area contributed by atoms with Crippen LogP contribution >= 0.6 is 0 Å². The van der Waals surface area contributed by atoms with Crippen LogP contribution in [-0.4, -0.2) is 33.3 Å². The van der Waals surface area contributed by atoms with Crippen molar-refractivity contribution in [3.8, 4) is 0 Å². The summed E-state index contributed by atoms with van der Waals surface area (Å²) in [6.07, 6.45) is 6.93. The van der Waals surface area contributed by atoms with Crippen LogP contribution in [0.25, 0.3) is 0 Å². The SMILES string of the molecule is CCS(=O)(=O)NC1CCC2(CCNCC2)CC1. The van der Waals surface area contributed by atoms with Gasteiger partial charge in [0.05, 0.1) is 5.75 Å². The lowest BCUT2D eigenvalue weighted by Gasteiger charge is -2.43. The largest absolute Gasteiger partial charge is 0.317 e. The van der Waals surface area contributed by atoms with Gasteiger partial charge >= 0.3 is 0 Å². The first kappa shape index (κ1) is 13.3. The van der Waals surface area contributed by atoms with Crippen molar-refractivity contribution in [2.45, 2.75) is 51.5 Å². The molecule has 2 N–H and O–H groups in total. The lowest BCUT2D eigenvalue weighted by molar-refractivity contribution is 0.121. The fraction of sp³-hybridized carbons (Fsp3) is 1.00. The second-order valence-corrected chi connectivity index (χ2v) is 7.59. The summed E-state index contributed by atoms with van der Waals surface area (Å²) in [6.45, 7) is 3.95. The lowest BCUT2D eigenvalue weighted by Crippen LogP contribution is -2.44. The van der Waals surface area contributed by atoms with Gasteiger partial charge in [-0.2, -0.15) is 0 Å². The fourth-order valence-electron chi connectivity index (χ4n) is 3.14. The Kier molecular flexibility index (Phi) is 4.10. The lowest BCUT2D eigenvalue weighted by atomic mass is 9.67. The molecule has 2 aliphatic rings. The van der Waals surface area contributed by atoms with Gasteiger partial charge in [-0.15, -0.1) is 0 Å². The number of piperidine rings is 1. The number of sulfonamides is 1. The van der Waals surface area contributed by atoms with E-state index in [-0.39, 0.29) is 11.8 Å². The molecule has 17 heavy (non-hydrogen) atoms. The molecule has 1 aliphatic heterocycles. The molecule has 1 spiro atoms. The van der Waals surface area contributed by atoms with Gasteiger partial charge in [-0.05, 0) is 64.0 Å². The van der Waals surface area contributed by atoms with Crippen LogP contribution in [0.4, 0.5) is 0 Å². The van der Waals surface area contributed by atoms with Gasteiger partial charge in [-0.3, -0.25) is 0 Å². The number of nitrogens with one attached hydrogen (secondary N) is 2. The van der Waals surface area contributed by atoms with Crippen molar-refractivity contribution < 1.29 is 8.42 Å². The maximum Gasteiger partial charge on any atom is 0.211 e. The molecule has 2 fully saturated rings. The maximum atomic E-state index is 11.5. The Morgan fingerprint density at radius 2 is 1.76 bits per heavy atom. The topological polar surface area (TPSA) is 58.2 Å². The summed E-state index contributed by atoms with van der Waals surface area (Å²) in [5, 5.41) is 3.40. The molecule has 2 rings (SSSR count).